The van der Waals surface area contributed by atoms with E-state index in [-0.39, 0.29) is 6.01 Å². The number of fused-ring (bicyclic) bond motifs is 1. The third-order valence-corrected chi connectivity index (χ3v) is 3.44. The average molecular weight is 248 g/mol. The van der Waals surface area contributed by atoms with Crippen molar-refractivity contribution in [3.05, 3.63) is 18.2 Å². The van der Waals surface area contributed by atoms with Gasteiger partial charge in [-0.1, -0.05) is 11.5 Å². The van der Waals surface area contributed by atoms with Gasteiger partial charge in [-0.2, -0.15) is 4.98 Å². The number of nitrogens with zero attached hydrogens (tertiary/aromatic N) is 2. The van der Waals surface area contributed by atoms with Crippen LogP contribution >= 0.6 is 0 Å². The average Bonchev–Trinajstić information content (AvgIpc) is 3.06. The van der Waals surface area contributed by atoms with Crippen LogP contribution in [0.5, 0.6) is 6.01 Å². The summed E-state index contributed by atoms with van der Waals surface area (Å²) < 4.78 is 33.1. The first-order valence-corrected chi connectivity index (χ1v) is 5.69. The summed E-state index contributed by atoms with van der Waals surface area (Å²) in [4.78, 5) is 4.21. The number of methoxy groups -OCH3 is 1. The summed E-state index contributed by atoms with van der Waals surface area (Å²) in [6.45, 7) is 0. The second kappa shape index (κ2) is 3.70. The fourth-order valence-electron chi connectivity index (χ4n) is 2.30. The van der Waals surface area contributed by atoms with Crippen molar-refractivity contribution in [1.82, 2.24) is 9.55 Å². The van der Waals surface area contributed by atoms with E-state index in [2.05, 4.69) is 4.98 Å². The van der Waals surface area contributed by atoms with Crippen LogP contribution in [0, 0.1) is 0 Å². The lowest BCUT2D eigenvalue weighted by Crippen LogP contribution is -2.26. The quantitative estimate of drug-likeness (QED) is 0.771. The molecule has 1 fully saturated rings. The van der Waals surface area contributed by atoms with Gasteiger partial charge in [-0.05, 0) is 25.0 Å². The standard InChI is InChI=1S/C12H11BF2N2O/c1-18-11-16-8-3-2-7(13)6-9(8)17(11)12(4-5-12)10(14)15/h2-3,6,10H,4-5H2,1H3. The van der Waals surface area contributed by atoms with Crippen molar-refractivity contribution in [2.45, 2.75) is 24.8 Å². The molecule has 18 heavy (non-hydrogen) atoms. The number of hydrogen-bond acceptors (Lipinski definition) is 2. The number of imidazole rings is 1. The normalized spacial score (nSPS) is 17.3. The van der Waals surface area contributed by atoms with Crippen molar-refractivity contribution in [1.29, 1.82) is 0 Å². The monoisotopic (exact) mass is 248 g/mol. The van der Waals surface area contributed by atoms with Gasteiger partial charge in [-0.3, -0.25) is 4.57 Å². The molecule has 1 aromatic heterocycles. The lowest BCUT2D eigenvalue weighted by molar-refractivity contribution is 0.0646. The minimum absolute atomic E-state index is 0.216. The molecule has 92 valence electrons. The van der Waals surface area contributed by atoms with E-state index in [1.807, 2.05) is 0 Å². The molecule has 1 heterocycles. The van der Waals surface area contributed by atoms with Gasteiger partial charge in [0.25, 0.3) is 12.4 Å². The number of alkyl halides is 2. The van der Waals surface area contributed by atoms with Crippen molar-refractivity contribution in [2.75, 3.05) is 7.11 Å². The second-order valence-corrected chi connectivity index (χ2v) is 4.59. The Kier molecular flexibility index (Phi) is 2.37. The Bertz CT molecular complexity index is 607. The Labute approximate surface area is 104 Å². The van der Waals surface area contributed by atoms with E-state index >= 15 is 0 Å². The van der Waals surface area contributed by atoms with Gasteiger partial charge in [0.05, 0.1) is 18.1 Å². The predicted molar refractivity (Wildman–Crippen MR) is 64.9 cm³/mol. The fraction of sp³-hybridized carbons (Fsp3) is 0.417. The van der Waals surface area contributed by atoms with Crippen LogP contribution in [-0.2, 0) is 5.54 Å². The van der Waals surface area contributed by atoms with Crippen LogP contribution in [0.15, 0.2) is 18.2 Å². The molecule has 1 aliphatic carbocycles. The molecule has 3 rings (SSSR count). The maximum atomic E-state index is 13.2. The maximum absolute atomic E-state index is 13.2. The Hall–Kier alpha value is -1.59. The van der Waals surface area contributed by atoms with Gasteiger partial charge in [0.15, 0.2) is 0 Å². The van der Waals surface area contributed by atoms with Crippen molar-refractivity contribution in [3.8, 4) is 6.01 Å². The Morgan fingerprint density at radius 3 is 2.72 bits per heavy atom. The van der Waals surface area contributed by atoms with Crippen molar-refractivity contribution in [3.63, 3.8) is 0 Å². The van der Waals surface area contributed by atoms with Gasteiger partial charge in [0.2, 0.25) is 0 Å². The molecule has 2 aromatic rings. The molecule has 0 aliphatic heterocycles. The highest BCUT2D eigenvalue weighted by Crippen LogP contribution is 2.51. The third kappa shape index (κ3) is 1.44. The lowest BCUT2D eigenvalue weighted by atomic mass is 9.96. The van der Waals surface area contributed by atoms with E-state index in [4.69, 9.17) is 12.6 Å². The third-order valence-electron chi connectivity index (χ3n) is 3.44. The van der Waals surface area contributed by atoms with Gasteiger partial charge in [0, 0.05) is 0 Å². The molecule has 0 N–H and O–H groups in total. The number of hydrogen-bond donors (Lipinski definition) is 0. The zero-order valence-corrected chi connectivity index (χ0v) is 9.86. The highest BCUT2D eigenvalue weighted by Gasteiger charge is 2.55. The first-order valence-electron chi connectivity index (χ1n) is 5.69. The number of benzene rings is 1. The van der Waals surface area contributed by atoms with Crippen LogP contribution in [0.2, 0.25) is 0 Å². The minimum Gasteiger partial charge on any atom is -0.468 e. The lowest BCUT2D eigenvalue weighted by Gasteiger charge is -2.19. The molecule has 0 saturated heterocycles. The Morgan fingerprint density at radius 2 is 2.17 bits per heavy atom. The zero-order valence-electron chi connectivity index (χ0n) is 9.86. The van der Waals surface area contributed by atoms with Crippen LogP contribution in [0.1, 0.15) is 12.8 Å². The van der Waals surface area contributed by atoms with E-state index in [9.17, 15) is 8.78 Å². The van der Waals surface area contributed by atoms with E-state index in [0.29, 0.717) is 29.3 Å². The van der Waals surface area contributed by atoms with E-state index in [0.717, 1.165) is 0 Å². The molecule has 0 bridgehead atoms. The molecule has 0 amide bonds. The first-order chi connectivity index (χ1) is 8.58. The van der Waals surface area contributed by atoms with Gasteiger partial charge < -0.3 is 4.74 Å². The van der Waals surface area contributed by atoms with E-state index in [1.165, 1.54) is 11.7 Å². The highest BCUT2D eigenvalue weighted by atomic mass is 19.3. The summed E-state index contributed by atoms with van der Waals surface area (Å²) >= 11 is 0. The Morgan fingerprint density at radius 1 is 1.44 bits per heavy atom. The molecule has 0 spiro atoms. The van der Waals surface area contributed by atoms with Crippen molar-refractivity contribution in [2.24, 2.45) is 0 Å². The maximum Gasteiger partial charge on any atom is 0.297 e. The van der Waals surface area contributed by atoms with Crippen molar-refractivity contribution >= 4 is 24.3 Å². The SMILES string of the molecule is [B]c1ccc2nc(OC)n(C3(C(F)F)CC3)c2c1. The molecule has 1 aliphatic rings. The topological polar surface area (TPSA) is 27.1 Å². The van der Waals surface area contributed by atoms with Crippen LogP contribution < -0.4 is 10.2 Å². The summed E-state index contributed by atoms with van der Waals surface area (Å²) in [5, 5.41) is 0. The molecular formula is C12H11BF2N2O. The first kappa shape index (κ1) is 11.5. The Balaban J connectivity index is 2.29. The number of halogens is 2. The molecular weight excluding hydrogens is 237 g/mol. The predicted octanol–water partition coefficient (Wildman–Crippen LogP) is 1.59. The van der Waals surface area contributed by atoms with Crippen LogP contribution in [0.25, 0.3) is 11.0 Å². The van der Waals surface area contributed by atoms with E-state index in [1.54, 1.807) is 18.2 Å². The summed E-state index contributed by atoms with van der Waals surface area (Å²) in [5.41, 5.74) is 0.572. The zero-order chi connectivity index (χ0) is 12.9. The summed E-state index contributed by atoms with van der Waals surface area (Å²) in [6, 6.07) is 5.29. The van der Waals surface area contributed by atoms with Crippen LogP contribution in [0.3, 0.4) is 0 Å². The fourth-order valence-corrected chi connectivity index (χ4v) is 2.30. The van der Waals surface area contributed by atoms with Gasteiger partial charge >= 0.3 is 0 Å². The van der Waals surface area contributed by atoms with Gasteiger partial charge in [0.1, 0.15) is 13.4 Å². The van der Waals surface area contributed by atoms with Crippen LogP contribution in [0.4, 0.5) is 8.78 Å². The summed E-state index contributed by atoms with van der Waals surface area (Å²) in [5.74, 6) is 0. The molecule has 2 radical (unpaired) electrons. The molecule has 3 nitrogen and oxygen atoms in total. The second-order valence-electron chi connectivity index (χ2n) is 4.59. The number of rotatable bonds is 3. The molecule has 0 unspecified atom stereocenters. The largest absolute Gasteiger partial charge is 0.468 e. The van der Waals surface area contributed by atoms with Crippen LogP contribution in [-0.4, -0.2) is 30.9 Å². The van der Waals surface area contributed by atoms with Crippen molar-refractivity contribution < 1.29 is 13.5 Å². The molecule has 1 saturated carbocycles. The smallest absolute Gasteiger partial charge is 0.297 e. The van der Waals surface area contributed by atoms with E-state index < -0.39 is 12.0 Å². The van der Waals surface area contributed by atoms with Gasteiger partial charge in [-0.25, -0.2) is 8.78 Å². The van der Waals surface area contributed by atoms with Gasteiger partial charge in [-0.15, -0.1) is 0 Å². The minimum atomic E-state index is -2.44. The molecule has 6 heteroatoms. The number of ether oxygens (including phenoxy) is 1. The molecule has 1 aromatic carbocycles. The summed E-state index contributed by atoms with van der Waals surface area (Å²) in [7, 11) is 7.15. The number of aromatic nitrogens is 2. The summed E-state index contributed by atoms with van der Waals surface area (Å²) in [6.07, 6.45) is -1.58. The molecule has 0 atom stereocenters. The highest BCUT2D eigenvalue weighted by molar-refractivity contribution is 6.33.